The van der Waals surface area contributed by atoms with Gasteiger partial charge < -0.3 is 10.2 Å². The van der Waals surface area contributed by atoms with Crippen LogP contribution in [0.4, 0.5) is 0 Å². The third-order valence-corrected chi connectivity index (χ3v) is 3.47. The Hall–Kier alpha value is -0.120. The van der Waals surface area contributed by atoms with Crippen LogP contribution in [0.15, 0.2) is 0 Å². The molecule has 3 heteroatoms. The van der Waals surface area contributed by atoms with E-state index < -0.39 is 0 Å². The second-order valence-corrected chi connectivity index (χ2v) is 5.34. The quantitative estimate of drug-likeness (QED) is 0.752. The van der Waals surface area contributed by atoms with Crippen LogP contribution in [-0.2, 0) is 0 Å². The van der Waals surface area contributed by atoms with Gasteiger partial charge in [-0.1, -0.05) is 6.92 Å². The van der Waals surface area contributed by atoms with Gasteiger partial charge in [0.2, 0.25) is 0 Å². The minimum Gasteiger partial charge on any atom is -0.320 e. The van der Waals surface area contributed by atoms with Gasteiger partial charge in [-0.25, -0.2) is 0 Å². The number of likely N-dealkylation sites (N-methyl/N-ethyl adjacent to an activating group) is 2. The molecule has 0 aliphatic carbocycles. The minimum atomic E-state index is 0.320. The first-order valence-corrected chi connectivity index (χ1v) is 6.11. The second kappa shape index (κ2) is 5.28. The summed E-state index contributed by atoms with van der Waals surface area (Å²) in [5.41, 5.74) is 0.320. The van der Waals surface area contributed by atoms with E-state index in [1.54, 1.807) is 0 Å². The van der Waals surface area contributed by atoms with E-state index in [1.807, 2.05) is 7.05 Å². The fourth-order valence-electron chi connectivity index (χ4n) is 3.01. The van der Waals surface area contributed by atoms with Gasteiger partial charge in [0.15, 0.2) is 0 Å². The molecule has 0 radical (unpaired) electrons. The molecular weight excluding hydrogens is 186 g/mol. The predicted octanol–water partition coefficient (Wildman–Crippen LogP) is 1.01. The van der Waals surface area contributed by atoms with Gasteiger partial charge in [0.05, 0.1) is 0 Å². The molecule has 0 bridgehead atoms. The van der Waals surface area contributed by atoms with Crippen molar-refractivity contribution in [2.24, 2.45) is 0 Å². The molecule has 1 fully saturated rings. The summed E-state index contributed by atoms with van der Waals surface area (Å²) in [4.78, 5) is 5.12. The van der Waals surface area contributed by atoms with E-state index in [9.17, 15) is 0 Å². The monoisotopic (exact) mass is 213 g/mol. The normalized spacial score (nSPS) is 28.2. The summed E-state index contributed by atoms with van der Waals surface area (Å²) in [6, 6.07) is 0.705. The lowest BCUT2D eigenvalue weighted by molar-refractivity contribution is -0.0145. The highest BCUT2D eigenvalue weighted by Crippen LogP contribution is 2.25. The standard InChI is InChI=1S/C12H27N3/c1-6-15-11(7-8-13-4)9-14(5)10-12(15,2)3/h11,13H,6-10H2,1-5H3. The summed E-state index contributed by atoms with van der Waals surface area (Å²) in [5.74, 6) is 0. The van der Waals surface area contributed by atoms with Crippen molar-refractivity contribution in [1.82, 2.24) is 15.1 Å². The molecule has 0 aromatic heterocycles. The van der Waals surface area contributed by atoms with Crippen LogP contribution in [0, 0.1) is 0 Å². The molecule has 3 nitrogen and oxygen atoms in total. The first-order chi connectivity index (χ1) is 7.01. The van der Waals surface area contributed by atoms with Gasteiger partial charge >= 0.3 is 0 Å². The lowest BCUT2D eigenvalue weighted by Gasteiger charge is -2.51. The predicted molar refractivity (Wildman–Crippen MR) is 66.3 cm³/mol. The SMILES string of the molecule is CCN1C(CCNC)CN(C)CC1(C)C. The average molecular weight is 213 g/mol. The average Bonchev–Trinajstić information content (AvgIpc) is 2.12. The summed E-state index contributed by atoms with van der Waals surface area (Å²) in [6.45, 7) is 11.7. The molecule has 0 saturated carbocycles. The summed E-state index contributed by atoms with van der Waals surface area (Å²) >= 11 is 0. The molecular formula is C12H27N3. The van der Waals surface area contributed by atoms with Crippen molar-refractivity contribution in [1.29, 1.82) is 0 Å². The highest BCUT2D eigenvalue weighted by molar-refractivity contribution is 4.94. The van der Waals surface area contributed by atoms with Gasteiger partial charge in [-0.3, -0.25) is 4.90 Å². The molecule has 1 aliphatic rings. The van der Waals surface area contributed by atoms with E-state index in [0.717, 1.165) is 13.1 Å². The zero-order valence-electron chi connectivity index (χ0n) is 11.0. The number of hydrogen-bond donors (Lipinski definition) is 1. The van der Waals surface area contributed by atoms with Crippen LogP contribution in [0.25, 0.3) is 0 Å². The molecule has 15 heavy (non-hydrogen) atoms. The van der Waals surface area contributed by atoms with Crippen molar-refractivity contribution in [3.05, 3.63) is 0 Å². The molecule has 1 unspecified atom stereocenters. The van der Waals surface area contributed by atoms with E-state index in [1.165, 1.54) is 19.5 Å². The van der Waals surface area contributed by atoms with Crippen LogP contribution in [0.3, 0.4) is 0 Å². The zero-order chi connectivity index (χ0) is 11.5. The Morgan fingerprint density at radius 3 is 2.60 bits per heavy atom. The van der Waals surface area contributed by atoms with Crippen LogP contribution in [-0.4, -0.2) is 61.7 Å². The third kappa shape index (κ3) is 3.16. The molecule has 1 N–H and O–H groups in total. The first kappa shape index (κ1) is 12.9. The van der Waals surface area contributed by atoms with Crippen molar-refractivity contribution >= 4 is 0 Å². The Morgan fingerprint density at radius 1 is 1.40 bits per heavy atom. The number of nitrogens with one attached hydrogen (secondary N) is 1. The van der Waals surface area contributed by atoms with E-state index in [0.29, 0.717) is 11.6 Å². The molecule has 1 atom stereocenters. The van der Waals surface area contributed by atoms with E-state index in [4.69, 9.17) is 0 Å². The van der Waals surface area contributed by atoms with Gasteiger partial charge in [-0.05, 0) is 47.5 Å². The highest BCUT2D eigenvalue weighted by atomic mass is 15.3. The van der Waals surface area contributed by atoms with Crippen LogP contribution in [0.1, 0.15) is 27.2 Å². The summed E-state index contributed by atoms with van der Waals surface area (Å²) in [6.07, 6.45) is 1.25. The summed E-state index contributed by atoms with van der Waals surface area (Å²) < 4.78 is 0. The van der Waals surface area contributed by atoms with Gasteiger partial charge in [-0.15, -0.1) is 0 Å². The minimum absolute atomic E-state index is 0.320. The largest absolute Gasteiger partial charge is 0.320 e. The molecule has 1 rings (SSSR count). The maximum atomic E-state index is 3.26. The number of hydrogen-bond acceptors (Lipinski definition) is 3. The van der Waals surface area contributed by atoms with Crippen LogP contribution >= 0.6 is 0 Å². The fraction of sp³-hybridized carbons (Fsp3) is 1.00. The van der Waals surface area contributed by atoms with Crippen LogP contribution in [0.5, 0.6) is 0 Å². The number of nitrogens with zero attached hydrogens (tertiary/aromatic N) is 2. The second-order valence-electron chi connectivity index (χ2n) is 5.34. The maximum Gasteiger partial charge on any atom is 0.0283 e. The highest BCUT2D eigenvalue weighted by Gasteiger charge is 2.36. The Labute approximate surface area is 94.8 Å². The van der Waals surface area contributed by atoms with Crippen molar-refractivity contribution in [3.8, 4) is 0 Å². The van der Waals surface area contributed by atoms with Gasteiger partial charge in [0.1, 0.15) is 0 Å². The number of piperazine rings is 1. The van der Waals surface area contributed by atoms with Crippen molar-refractivity contribution in [2.45, 2.75) is 38.8 Å². The third-order valence-electron chi connectivity index (χ3n) is 3.47. The summed E-state index contributed by atoms with van der Waals surface area (Å²) in [5, 5.41) is 3.26. The lowest BCUT2D eigenvalue weighted by Crippen LogP contribution is -2.63. The summed E-state index contributed by atoms with van der Waals surface area (Å²) in [7, 11) is 4.27. The number of rotatable bonds is 4. The molecule has 1 saturated heterocycles. The van der Waals surface area contributed by atoms with Crippen LogP contribution < -0.4 is 5.32 Å². The Balaban J connectivity index is 2.65. The fourth-order valence-corrected chi connectivity index (χ4v) is 3.01. The van der Waals surface area contributed by atoms with Gasteiger partial charge in [0.25, 0.3) is 0 Å². The van der Waals surface area contributed by atoms with Crippen molar-refractivity contribution in [2.75, 3.05) is 40.3 Å². The van der Waals surface area contributed by atoms with Crippen molar-refractivity contribution < 1.29 is 0 Å². The van der Waals surface area contributed by atoms with E-state index in [2.05, 4.69) is 42.9 Å². The lowest BCUT2D eigenvalue weighted by atomic mass is 9.94. The maximum absolute atomic E-state index is 3.26. The molecule has 1 aliphatic heterocycles. The zero-order valence-corrected chi connectivity index (χ0v) is 11.0. The molecule has 0 amide bonds. The van der Waals surface area contributed by atoms with E-state index in [-0.39, 0.29) is 0 Å². The van der Waals surface area contributed by atoms with E-state index >= 15 is 0 Å². The molecule has 0 aromatic carbocycles. The van der Waals surface area contributed by atoms with Crippen molar-refractivity contribution in [3.63, 3.8) is 0 Å². The molecule has 90 valence electrons. The molecule has 0 spiro atoms. The smallest absolute Gasteiger partial charge is 0.0283 e. The van der Waals surface area contributed by atoms with Crippen LogP contribution in [0.2, 0.25) is 0 Å². The molecule has 0 aromatic rings. The molecule has 1 heterocycles. The topological polar surface area (TPSA) is 18.5 Å². The van der Waals surface area contributed by atoms with Gasteiger partial charge in [0, 0.05) is 24.7 Å². The first-order valence-electron chi connectivity index (χ1n) is 6.11. The Kier molecular flexibility index (Phi) is 4.56. The Bertz CT molecular complexity index is 191. The Morgan fingerprint density at radius 2 is 2.07 bits per heavy atom. The van der Waals surface area contributed by atoms with Gasteiger partial charge in [-0.2, -0.15) is 0 Å².